The number of aryl methyl sites for hydroxylation is 3. The topological polar surface area (TPSA) is 29.9 Å². The number of aromatic nitrogens is 2. The molecule has 0 spiro atoms. The molecule has 21 heavy (non-hydrogen) atoms. The maximum absolute atomic E-state index is 4.43. The van der Waals surface area contributed by atoms with Gasteiger partial charge in [0, 0.05) is 18.3 Å². The molecule has 1 N–H and O–H groups in total. The summed E-state index contributed by atoms with van der Waals surface area (Å²) in [6.45, 7) is 9.57. The number of hydrogen-bond acceptors (Lipinski definition) is 3. The molecule has 0 radical (unpaired) electrons. The molecule has 0 saturated carbocycles. The van der Waals surface area contributed by atoms with Gasteiger partial charge in [-0.3, -0.25) is 4.68 Å². The van der Waals surface area contributed by atoms with Crippen molar-refractivity contribution in [1.29, 1.82) is 0 Å². The van der Waals surface area contributed by atoms with Crippen LogP contribution in [0.25, 0.3) is 0 Å². The van der Waals surface area contributed by atoms with Crippen molar-refractivity contribution in [3.63, 3.8) is 0 Å². The predicted octanol–water partition coefficient (Wildman–Crippen LogP) is 3.87. The SMILES string of the molecule is CCNC(c1ccc(C)cc1)C(C)Sc1cc(C)nn1C. The molecule has 0 aliphatic rings. The Hall–Kier alpha value is -1.26. The lowest BCUT2D eigenvalue weighted by Gasteiger charge is -2.25. The van der Waals surface area contributed by atoms with Gasteiger partial charge in [0.15, 0.2) is 0 Å². The van der Waals surface area contributed by atoms with Crippen LogP contribution in [-0.4, -0.2) is 21.6 Å². The summed E-state index contributed by atoms with van der Waals surface area (Å²) < 4.78 is 1.97. The van der Waals surface area contributed by atoms with Crippen molar-refractivity contribution in [3.8, 4) is 0 Å². The molecule has 2 atom stereocenters. The van der Waals surface area contributed by atoms with Crippen molar-refractivity contribution in [2.75, 3.05) is 6.54 Å². The van der Waals surface area contributed by atoms with Crippen LogP contribution in [0.5, 0.6) is 0 Å². The third-order valence-electron chi connectivity index (χ3n) is 3.60. The molecule has 4 heteroatoms. The summed E-state index contributed by atoms with van der Waals surface area (Å²) in [6, 6.07) is 11.3. The zero-order valence-electron chi connectivity index (χ0n) is 13.6. The van der Waals surface area contributed by atoms with E-state index in [0.717, 1.165) is 12.2 Å². The van der Waals surface area contributed by atoms with E-state index in [9.17, 15) is 0 Å². The van der Waals surface area contributed by atoms with Crippen LogP contribution in [0.1, 0.15) is 36.7 Å². The summed E-state index contributed by atoms with van der Waals surface area (Å²) in [5.41, 5.74) is 3.72. The molecule has 0 aliphatic heterocycles. The quantitative estimate of drug-likeness (QED) is 0.822. The number of rotatable bonds is 6. The Kier molecular flexibility index (Phi) is 5.48. The first-order valence-electron chi connectivity index (χ1n) is 7.48. The lowest BCUT2D eigenvalue weighted by molar-refractivity contribution is 0.546. The smallest absolute Gasteiger partial charge is 0.0942 e. The van der Waals surface area contributed by atoms with Crippen LogP contribution in [0.2, 0.25) is 0 Å². The molecule has 1 heterocycles. The molecule has 3 nitrogen and oxygen atoms in total. The first kappa shape index (κ1) is 16.1. The van der Waals surface area contributed by atoms with Gasteiger partial charge in [-0.25, -0.2) is 0 Å². The largest absolute Gasteiger partial charge is 0.309 e. The minimum absolute atomic E-state index is 0.343. The standard InChI is InChI=1S/C17H25N3S/c1-6-18-17(15-9-7-12(2)8-10-15)14(4)21-16-11-13(3)19-20(16)5/h7-11,14,17-18H,6H2,1-5H3. The molecule has 2 rings (SSSR count). The van der Waals surface area contributed by atoms with Gasteiger partial charge in [0.25, 0.3) is 0 Å². The van der Waals surface area contributed by atoms with E-state index in [2.05, 4.69) is 61.5 Å². The molecule has 1 aromatic carbocycles. The van der Waals surface area contributed by atoms with Crippen LogP contribution in [-0.2, 0) is 7.05 Å². The van der Waals surface area contributed by atoms with Crippen molar-refractivity contribution in [2.45, 2.75) is 44.0 Å². The van der Waals surface area contributed by atoms with Gasteiger partial charge in [-0.1, -0.05) is 43.7 Å². The van der Waals surface area contributed by atoms with Crippen molar-refractivity contribution in [3.05, 3.63) is 47.2 Å². The molecule has 0 fully saturated rings. The minimum Gasteiger partial charge on any atom is -0.309 e. The molecule has 2 unspecified atom stereocenters. The maximum Gasteiger partial charge on any atom is 0.0942 e. The highest BCUT2D eigenvalue weighted by Gasteiger charge is 2.20. The van der Waals surface area contributed by atoms with E-state index in [1.165, 1.54) is 16.2 Å². The normalized spacial score (nSPS) is 14.1. The Bertz CT molecular complexity index is 574. The van der Waals surface area contributed by atoms with Crippen LogP contribution in [0.3, 0.4) is 0 Å². The monoisotopic (exact) mass is 303 g/mol. The van der Waals surface area contributed by atoms with E-state index < -0.39 is 0 Å². The fourth-order valence-electron chi connectivity index (χ4n) is 2.50. The first-order valence-corrected chi connectivity index (χ1v) is 8.36. The fourth-order valence-corrected chi connectivity index (χ4v) is 3.71. The van der Waals surface area contributed by atoms with Crippen LogP contribution in [0, 0.1) is 13.8 Å². The van der Waals surface area contributed by atoms with Gasteiger partial charge in [-0.15, -0.1) is 11.8 Å². The van der Waals surface area contributed by atoms with Gasteiger partial charge in [-0.05, 0) is 32.0 Å². The number of nitrogens with zero attached hydrogens (tertiary/aromatic N) is 2. The Balaban J connectivity index is 2.17. The van der Waals surface area contributed by atoms with Gasteiger partial charge in [-0.2, -0.15) is 5.10 Å². The van der Waals surface area contributed by atoms with Crippen LogP contribution >= 0.6 is 11.8 Å². The van der Waals surface area contributed by atoms with Gasteiger partial charge in [0.05, 0.1) is 10.7 Å². The van der Waals surface area contributed by atoms with Gasteiger partial charge in [0.2, 0.25) is 0 Å². The molecular weight excluding hydrogens is 278 g/mol. The van der Waals surface area contributed by atoms with E-state index in [0.29, 0.717) is 11.3 Å². The third kappa shape index (κ3) is 4.11. The lowest BCUT2D eigenvalue weighted by atomic mass is 10.0. The predicted molar refractivity (Wildman–Crippen MR) is 90.9 cm³/mol. The van der Waals surface area contributed by atoms with E-state index >= 15 is 0 Å². The van der Waals surface area contributed by atoms with Gasteiger partial charge >= 0.3 is 0 Å². The summed E-state index contributed by atoms with van der Waals surface area (Å²) in [7, 11) is 2.01. The zero-order valence-corrected chi connectivity index (χ0v) is 14.4. The number of hydrogen-bond donors (Lipinski definition) is 1. The Morgan fingerprint density at radius 1 is 1.24 bits per heavy atom. The number of benzene rings is 1. The molecule has 114 valence electrons. The summed E-state index contributed by atoms with van der Waals surface area (Å²) in [4.78, 5) is 0. The Morgan fingerprint density at radius 2 is 1.90 bits per heavy atom. The van der Waals surface area contributed by atoms with Crippen LogP contribution < -0.4 is 5.32 Å². The summed E-state index contributed by atoms with van der Waals surface area (Å²) in [5.74, 6) is 0. The van der Waals surface area contributed by atoms with E-state index in [1.54, 1.807) is 0 Å². The second kappa shape index (κ2) is 7.14. The number of thioether (sulfide) groups is 1. The third-order valence-corrected chi connectivity index (χ3v) is 4.86. The maximum atomic E-state index is 4.43. The molecule has 0 aliphatic carbocycles. The highest BCUT2D eigenvalue weighted by Crippen LogP contribution is 2.32. The summed E-state index contributed by atoms with van der Waals surface area (Å²) in [6.07, 6.45) is 0. The molecule has 2 aromatic rings. The molecule has 0 bridgehead atoms. The van der Waals surface area contributed by atoms with Crippen LogP contribution in [0.4, 0.5) is 0 Å². The zero-order chi connectivity index (χ0) is 15.4. The average Bonchev–Trinajstić information content (AvgIpc) is 2.75. The average molecular weight is 303 g/mol. The number of nitrogens with one attached hydrogen (secondary N) is 1. The molecule has 0 saturated heterocycles. The van der Waals surface area contributed by atoms with Gasteiger partial charge < -0.3 is 5.32 Å². The van der Waals surface area contributed by atoms with Crippen LogP contribution in [0.15, 0.2) is 35.4 Å². The van der Waals surface area contributed by atoms with Crippen molar-refractivity contribution in [2.24, 2.45) is 7.05 Å². The van der Waals surface area contributed by atoms with Crippen molar-refractivity contribution < 1.29 is 0 Å². The lowest BCUT2D eigenvalue weighted by Crippen LogP contribution is -2.28. The van der Waals surface area contributed by atoms with Crippen molar-refractivity contribution >= 4 is 11.8 Å². The second-order valence-electron chi connectivity index (χ2n) is 5.52. The van der Waals surface area contributed by atoms with E-state index in [4.69, 9.17) is 0 Å². The van der Waals surface area contributed by atoms with Gasteiger partial charge in [0.1, 0.15) is 0 Å². The highest BCUT2D eigenvalue weighted by atomic mass is 32.2. The summed E-state index contributed by atoms with van der Waals surface area (Å²) in [5, 5.41) is 9.69. The minimum atomic E-state index is 0.343. The van der Waals surface area contributed by atoms with E-state index in [-0.39, 0.29) is 0 Å². The molecule has 1 aromatic heterocycles. The Labute approximate surface area is 132 Å². The molecular formula is C17H25N3S. The second-order valence-corrected chi connectivity index (χ2v) is 6.91. The van der Waals surface area contributed by atoms with E-state index in [1.807, 2.05) is 30.4 Å². The van der Waals surface area contributed by atoms with Crippen molar-refractivity contribution in [1.82, 2.24) is 15.1 Å². The fraction of sp³-hybridized carbons (Fsp3) is 0.471. The first-order chi connectivity index (χ1) is 10.0. The molecule has 0 amide bonds. The Morgan fingerprint density at radius 3 is 2.43 bits per heavy atom. The summed E-state index contributed by atoms with van der Waals surface area (Å²) >= 11 is 1.88. The highest BCUT2D eigenvalue weighted by molar-refractivity contribution is 7.99.